The number of H-pyrrole nitrogens is 1. The summed E-state index contributed by atoms with van der Waals surface area (Å²) >= 11 is 3.94. The first-order chi connectivity index (χ1) is 64.9. The minimum atomic E-state index is -2.03. The molecule has 3 saturated heterocycles. The van der Waals surface area contributed by atoms with Crippen molar-refractivity contribution >= 4 is 125 Å². The molecule has 18 atom stereocenters. The minimum absolute atomic E-state index is 0.00761. The molecule has 0 saturated carbocycles. The second-order valence-electron chi connectivity index (χ2n) is 35.4. The topological polar surface area (TPSA) is 707 Å². The maximum atomic E-state index is 15.5. The number of carbonyl (C=O) groups excluding carboxylic acids is 16. The van der Waals surface area contributed by atoms with Crippen molar-refractivity contribution in [3.63, 3.8) is 0 Å². The quantitative estimate of drug-likeness (QED) is 0.0152. The SMILES string of the molecule is CC[C@H](C)[C@H](NC(=O)[C@@H]1CCCN1C(=O)[C@H](CC(C)C)NC(=O)[C@@H](NC(=O)[C@H](Cc1c[nH]cn1)NC(=O)[C@@H](N)CC(=O)O)C(C)C)C(=O)N[C@@H](CC(=O)O)C(=O)N[C@@H](Cc1ccc(O)cc1)C(=O)N[C@@H](Cc1ccc(O)cc1)C(=O)N[C@@H](Cc1ccccc1)C(=O)N1CCC[C@H]1C(=O)N1CCC[C@H]1C(=O)N[C@@H](CCC(N)=O)C(=O)N[C@@H](CCCCN)C(=O)N[C@H](C(=O)N[C@@H](CS)C(=O)O)[C@@H](C)O. The number of aliphatic hydroxyl groups excluding tert-OH is 1. The number of benzene rings is 3. The Morgan fingerprint density at radius 1 is 0.467 bits per heavy atom. The normalized spacial score (nSPS) is 17.9. The summed E-state index contributed by atoms with van der Waals surface area (Å²) in [6, 6.07) is -5.31. The van der Waals surface area contributed by atoms with E-state index in [2.05, 4.69) is 86.4 Å². The molecule has 46 heteroatoms. The van der Waals surface area contributed by atoms with E-state index in [0.29, 0.717) is 23.2 Å². The standard InChI is InChI=1S/C91H130N20O25S/c1-8-49(6)74(107-84(128)68-21-14-34-109(68)88(132)64(37-47(2)3)104-85(129)73(48(4)5)106-82(126)62(41-54-44-95-46-96-54)99-76(120)57(93)42-71(116)117)86(130)102-63(43-72(118)119)81(125)101-60(38-52-23-27-55(113)28-24-52)79(123)100-61(39-53-25-29-56(114)30-26-53)80(124)103-65(40-51-17-10-9-11-18-51)89(133)111-36-16-22-69(111)90(134)110-35-15-20-67(110)83(127)98-59(31-32-70(94)115)77(121)97-58(19-12-13-33-92)78(122)108-75(50(7)112)87(131)105-66(45-137)91(135)136/h9-11,17-18,23-30,44,46-50,57-69,73-75,112-114,137H,8,12-16,19-22,31-43,45,92-93H2,1-7H3,(H2,94,115)(H,95,96)(H,97,121)(H,98,127)(H,99,120)(H,100,123)(H,101,125)(H,102,130)(H,103,124)(H,104,129)(H,105,131)(H,106,126)(H,107,128)(H,108,122)(H,116,117)(H,118,119)(H,135,136)/t49-,50+,57-,58-,59-,60-,61-,62-,63-,64-,65-,66-,67-,68-,69-,73-,74-,75-/m0/s1. The first-order valence-corrected chi connectivity index (χ1v) is 46.4. The molecule has 750 valence electrons. The number of amides is 16. The second-order valence-corrected chi connectivity index (χ2v) is 35.8. The monoisotopic (exact) mass is 1930 g/mol. The van der Waals surface area contributed by atoms with Crippen molar-refractivity contribution in [1.82, 2.24) is 88.5 Å². The number of aromatic hydroxyl groups is 2. The van der Waals surface area contributed by atoms with Gasteiger partial charge in [-0.25, -0.2) is 9.78 Å². The van der Waals surface area contributed by atoms with Crippen LogP contribution in [0.5, 0.6) is 11.5 Å². The Hall–Kier alpha value is -13.4. The molecule has 4 aromatic rings. The molecule has 0 unspecified atom stereocenters. The lowest BCUT2D eigenvalue weighted by Gasteiger charge is -2.34. The fourth-order valence-corrected chi connectivity index (χ4v) is 16.4. The number of aliphatic hydroxyl groups is 1. The van der Waals surface area contributed by atoms with Crippen LogP contribution in [0.25, 0.3) is 0 Å². The summed E-state index contributed by atoms with van der Waals surface area (Å²) in [4.78, 5) is 278. The zero-order chi connectivity index (χ0) is 101. The Kier molecular flexibility index (Phi) is 43.4. The molecule has 0 radical (unpaired) electrons. The molecule has 16 amide bonds. The van der Waals surface area contributed by atoms with E-state index in [1.807, 2.05) is 0 Å². The third-order valence-electron chi connectivity index (χ3n) is 23.9. The van der Waals surface area contributed by atoms with Crippen molar-refractivity contribution in [2.45, 2.75) is 273 Å². The minimum Gasteiger partial charge on any atom is -0.508 e. The number of phenolic OH excluding ortho intramolecular Hbond substituents is 2. The third kappa shape index (κ3) is 33.8. The van der Waals surface area contributed by atoms with Crippen LogP contribution < -0.4 is 81.0 Å². The van der Waals surface area contributed by atoms with Gasteiger partial charge < -0.3 is 131 Å². The molecule has 7 rings (SSSR count). The largest absolute Gasteiger partial charge is 0.508 e. The molecule has 3 aliphatic rings. The van der Waals surface area contributed by atoms with Crippen molar-refractivity contribution in [2.75, 3.05) is 31.9 Å². The van der Waals surface area contributed by atoms with Gasteiger partial charge in [-0.3, -0.25) is 86.3 Å². The molecular weight excluding hydrogens is 1810 g/mol. The number of aliphatic carboxylic acids is 3. The van der Waals surface area contributed by atoms with Crippen LogP contribution in [0.4, 0.5) is 0 Å². The zero-order valence-electron chi connectivity index (χ0n) is 77.6. The van der Waals surface area contributed by atoms with Crippen LogP contribution in [0, 0.1) is 17.8 Å². The molecule has 3 aromatic carbocycles. The number of phenols is 2. The van der Waals surface area contributed by atoms with E-state index < -0.39 is 259 Å². The maximum Gasteiger partial charge on any atom is 0.327 e. The Labute approximate surface area is 796 Å². The molecule has 1 aromatic heterocycles. The molecule has 0 bridgehead atoms. The molecule has 0 spiro atoms. The lowest BCUT2D eigenvalue weighted by atomic mass is 9.96. The van der Waals surface area contributed by atoms with Gasteiger partial charge in [0.1, 0.15) is 102 Å². The summed E-state index contributed by atoms with van der Waals surface area (Å²) in [5.74, 6) is -22.0. The van der Waals surface area contributed by atoms with Gasteiger partial charge in [-0.2, -0.15) is 12.6 Å². The number of carboxylic acid groups (broad SMARTS) is 3. The number of rotatable bonds is 54. The summed E-state index contributed by atoms with van der Waals surface area (Å²) in [6.45, 7) is 11.2. The highest BCUT2D eigenvalue weighted by Gasteiger charge is 2.47. The number of unbranched alkanes of at least 4 members (excludes halogenated alkanes) is 1. The van der Waals surface area contributed by atoms with Crippen LogP contribution in [0.3, 0.4) is 0 Å². The van der Waals surface area contributed by atoms with Gasteiger partial charge in [0.2, 0.25) is 94.5 Å². The number of nitrogens with one attached hydrogen (secondary N) is 13. The third-order valence-corrected chi connectivity index (χ3v) is 24.2. The number of aromatic nitrogens is 2. The molecule has 3 aliphatic heterocycles. The Morgan fingerprint density at radius 3 is 1.42 bits per heavy atom. The first-order valence-electron chi connectivity index (χ1n) is 45.7. The van der Waals surface area contributed by atoms with Gasteiger partial charge in [0.25, 0.3) is 0 Å². The number of primary amides is 1. The fourth-order valence-electron chi connectivity index (χ4n) is 16.2. The summed E-state index contributed by atoms with van der Waals surface area (Å²) in [6.07, 6.45) is -1.38. The molecule has 45 nitrogen and oxygen atoms in total. The van der Waals surface area contributed by atoms with Crippen LogP contribution in [0.2, 0.25) is 0 Å². The number of aromatic amines is 1. The summed E-state index contributed by atoms with van der Waals surface area (Å²) in [7, 11) is 0. The van der Waals surface area contributed by atoms with Crippen LogP contribution in [-0.4, -0.2) is 302 Å². The van der Waals surface area contributed by atoms with Crippen molar-refractivity contribution in [3.8, 4) is 11.5 Å². The molecule has 137 heavy (non-hydrogen) atoms. The predicted octanol–water partition coefficient (Wildman–Crippen LogP) is -3.30. The molecule has 25 N–H and O–H groups in total. The molecule has 0 aliphatic carbocycles. The van der Waals surface area contributed by atoms with E-state index >= 15 is 19.2 Å². The van der Waals surface area contributed by atoms with E-state index in [9.17, 15) is 103 Å². The van der Waals surface area contributed by atoms with Crippen molar-refractivity contribution in [2.24, 2.45) is 35.0 Å². The Balaban J connectivity index is 1.11. The summed E-state index contributed by atoms with van der Waals surface area (Å²) in [5, 5.41) is 91.3. The van der Waals surface area contributed by atoms with E-state index in [4.69, 9.17) is 17.2 Å². The van der Waals surface area contributed by atoms with Crippen LogP contribution in [0.1, 0.15) is 167 Å². The highest BCUT2D eigenvalue weighted by Crippen LogP contribution is 2.29. The smallest absolute Gasteiger partial charge is 0.327 e. The molecular formula is C91H130N20O25S. The van der Waals surface area contributed by atoms with Gasteiger partial charge in [0.05, 0.1) is 37.0 Å². The number of nitrogens with zero attached hydrogens (tertiary/aromatic N) is 4. The number of carboxylic acids is 3. The summed E-state index contributed by atoms with van der Waals surface area (Å²) < 4.78 is 0. The number of thiol groups is 1. The van der Waals surface area contributed by atoms with Crippen molar-refractivity contribution in [3.05, 3.63) is 114 Å². The van der Waals surface area contributed by atoms with Gasteiger partial charge in [0, 0.05) is 63.7 Å². The number of likely N-dealkylation sites (tertiary alicyclic amines) is 3. The zero-order valence-corrected chi connectivity index (χ0v) is 78.5. The lowest BCUT2D eigenvalue weighted by Crippen LogP contribution is -2.62. The van der Waals surface area contributed by atoms with Gasteiger partial charge in [0.15, 0.2) is 0 Å². The van der Waals surface area contributed by atoms with Gasteiger partial charge in [-0.1, -0.05) is 103 Å². The van der Waals surface area contributed by atoms with Gasteiger partial charge in [-0.05, 0) is 143 Å². The fraction of sp³-hybridized carbons (Fsp3) is 0.560. The number of imidazole rings is 1. The number of nitrogens with two attached hydrogens (primary N) is 3. The highest BCUT2D eigenvalue weighted by molar-refractivity contribution is 7.80. The molecule has 4 heterocycles. The maximum absolute atomic E-state index is 15.5. The number of hydrogen-bond donors (Lipinski definition) is 23. The average molecular weight is 1940 g/mol. The molecule has 3 fully saturated rings. The lowest BCUT2D eigenvalue weighted by molar-refractivity contribution is -0.148. The first kappa shape index (κ1) is 111. The van der Waals surface area contributed by atoms with Gasteiger partial charge in [-0.15, -0.1) is 0 Å². The summed E-state index contributed by atoms with van der Waals surface area (Å²) in [5.41, 5.74) is 18.5. The number of hydrogen-bond acceptors (Lipinski definition) is 26. The average Bonchev–Trinajstić information content (AvgIpc) is 1.78. The Morgan fingerprint density at radius 2 is 0.898 bits per heavy atom. The van der Waals surface area contributed by atoms with E-state index in [1.54, 1.807) is 71.9 Å². The van der Waals surface area contributed by atoms with Gasteiger partial charge >= 0.3 is 17.9 Å². The van der Waals surface area contributed by atoms with E-state index in [-0.39, 0.29) is 138 Å². The highest BCUT2D eigenvalue weighted by atomic mass is 32.1. The van der Waals surface area contributed by atoms with Crippen LogP contribution in [-0.2, 0) is 117 Å². The Bertz CT molecular complexity index is 4860. The van der Waals surface area contributed by atoms with Crippen molar-refractivity contribution < 1.29 is 122 Å². The van der Waals surface area contributed by atoms with Crippen LogP contribution >= 0.6 is 12.6 Å². The van der Waals surface area contributed by atoms with Crippen LogP contribution in [0.15, 0.2) is 91.4 Å². The second kappa shape index (κ2) is 53.8. The predicted molar refractivity (Wildman–Crippen MR) is 494 cm³/mol. The number of carbonyl (C=O) groups is 19. The van der Waals surface area contributed by atoms with E-state index in [0.717, 1.165) is 6.92 Å². The van der Waals surface area contributed by atoms with Crippen molar-refractivity contribution in [1.29, 1.82) is 0 Å². The van der Waals surface area contributed by atoms with E-state index in [1.165, 1.54) is 75.8 Å².